The normalized spacial score (nSPS) is 19.8. The summed E-state index contributed by atoms with van der Waals surface area (Å²) in [7, 11) is 0. The second kappa shape index (κ2) is 9.60. The fourth-order valence-electron chi connectivity index (χ4n) is 3.96. The quantitative estimate of drug-likeness (QED) is 0.455. The van der Waals surface area contributed by atoms with E-state index in [0.29, 0.717) is 29.7 Å². The third-order valence-electron chi connectivity index (χ3n) is 5.79. The Balaban J connectivity index is 1.80. The molecule has 0 aliphatic carbocycles. The zero-order valence-corrected chi connectivity index (χ0v) is 16.7. The largest absolute Gasteiger partial charge is 0.378 e. The van der Waals surface area contributed by atoms with Gasteiger partial charge in [0.2, 0.25) is 0 Å². The van der Waals surface area contributed by atoms with Gasteiger partial charge in [-0.3, -0.25) is 0 Å². The van der Waals surface area contributed by atoms with Gasteiger partial charge in [0.1, 0.15) is 5.82 Å². The van der Waals surface area contributed by atoms with Crippen LogP contribution in [0.15, 0.2) is 30.3 Å². The molecule has 3 rings (SSSR count). The number of rotatable bonds is 7. The summed E-state index contributed by atoms with van der Waals surface area (Å²) in [4.78, 5) is 0. The monoisotopic (exact) mass is 390 g/mol. The van der Waals surface area contributed by atoms with Crippen molar-refractivity contribution in [3.63, 3.8) is 0 Å². The van der Waals surface area contributed by atoms with Crippen molar-refractivity contribution in [3.05, 3.63) is 58.9 Å². The first kappa shape index (κ1) is 20.9. The Labute approximate surface area is 165 Å². The molecule has 2 aromatic carbocycles. The van der Waals surface area contributed by atoms with E-state index in [1.165, 1.54) is 6.07 Å². The molecule has 1 aliphatic rings. The highest BCUT2D eigenvalue weighted by molar-refractivity contribution is 5.65. The fraction of sp³-hybridized carbons (Fsp3) is 0.500. The topological polar surface area (TPSA) is 9.23 Å². The molecule has 152 valence electrons. The third kappa shape index (κ3) is 4.60. The van der Waals surface area contributed by atoms with E-state index in [1.54, 1.807) is 24.3 Å². The van der Waals surface area contributed by atoms with Crippen molar-refractivity contribution in [1.29, 1.82) is 0 Å². The molecule has 2 atom stereocenters. The van der Waals surface area contributed by atoms with Crippen LogP contribution in [0.1, 0.15) is 69.4 Å². The number of benzene rings is 2. The summed E-state index contributed by atoms with van der Waals surface area (Å²) in [6.45, 7) is 4.57. The van der Waals surface area contributed by atoms with Gasteiger partial charge in [0, 0.05) is 11.5 Å². The minimum Gasteiger partial charge on any atom is -0.378 e. The van der Waals surface area contributed by atoms with Crippen LogP contribution in [0, 0.1) is 17.5 Å². The molecule has 2 unspecified atom stereocenters. The molecule has 28 heavy (non-hydrogen) atoms. The maximum absolute atomic E-state index is 14.8. The van der Waals surface area contributed by atoms with Crippen LogP contribution in [-0.4, -0.2) is 12.7 Å². The molecule has 0 N–H and O–H groups in total. The molecule has 0 radical (unpaired) electrons. The Kier molecular flexibility index (Phi) is 7.17. The van der Waals surface area contributed by atoms with E-state index < -0.39 is 11.6 Å². The van der Waals surface area contributed by atoms with Crippen molar-refractivity contribution in [2.45, 2.75) is 70.8 Å². The number of unbranched alkanes of at least 4 members (excludes halogenated alkanes) is 2. The lowest BCUT2D eigenvalue weighted by Gasteiger charge is -2.29. The van der Waals surface area contributed by atoms with Gasteiger partial charge in [0.15, 0.2) is 11.6 Å². The van der Waals surface area contributed by atoms with Crippen LogP contribution in [0.2, 0.25) is 0 Å². The van der Waals surface area contributed by atoms with Crippen molar-refractivity contribution in [3.8, 4) is 11.1 Å². The van der Waals surface area contributed by atoms with Crippen molar-refractivity contribution in [2.75, 3.05) is 6.61 Å². The molecule has 0 aromatic heterocycles. The van der Waals surface area contributed by atoms with E-state index in [4.69, 9.17) is 4.74 Å². The Morgan fingerprint density at radius 2 is 1.79 bits per heavy atom. The van der Waals surface area contributed by atoms with Crippen LogP contribution in [0.4, 0.5) is 13.2 Å². The van der Waals surface area contributed by atoms with Crippen molar-refractivity contribution < 1.29 is 17.9 Å². The van der Waals surface area contributed by atoms with Crippen molar-refractivity contribution >= 4 is 0 Å². The summed E-state index contributed by atoms with van der Waals surface area (Å²) in [6, 6.07) is 7.86. The van der Waals surface area contributed by atoms with E-state index in [-0.39, 0.29) is 23.4 Å². The van der Waals surface area contributed by atoms with Gasteiger partial charge in [-0.05, 0) is 54.9 Å². The Morgan fingerprint density at radius 1 is 0.964 bits per heavy atom. The average molecular weight is 390 g/mol. The lowest BCUT2D eigenvalue weighted by atomic mass is 9.89. The van der Waals surface area contributed by atoms with Crippen molar-refractivity contribution in [1.82, 2.24) is 0 Å². The molecule has 1 fully saturated rings. The second-order valence-electron chi connectivity index (χ2n) is 7.73. The summed E-state index contributed by atoms with van der Waals surface area (Å²) in [5.41, 5.74) is 1.45. The highest BCUT2D eigenvalue weighted by atomic mass is 19.2. The minimum atomic E-state index is -0.909. The van der Waals surface area contributed by atoms with Crippen LogP contribution >= 0.6 is 0 Å². The van der Waals surface area contributed by atoms with E-state index in [0.717, 1.165) is 38.5 Å². The highest BCUT2D eigenvalue weighted by Crippen LogP contribution is 2.35. The predicted octanol–water partition coefficient (Wildman–Crippen LogP) is 7.18. The number of hydrogen-bond donors (Lipinski definition) is 0. The standard InChI is InChI=1S/C24H29F3O/c1-3-5-6-7-16-8-9-17(14-22(16)25)20-12-13-21(24(27)23(20)26)18-10-11-19(4-2)28-15-18/h8-9,12-14,18-19H,3-7,10-11,15H2,1-2H3. The molecule has 1 saturated heterocycles. The molecule has 1 nitrogen and oxygen atoms in total. The lowest BCUT2D eigenvalue weighted by Crippen LogP contribution is -2.24. The number of ether oxygens (including phenoxy) is 1. The number of hydrogen-bond acceptors (Lipinski definition) is 1. The molecular formula is C24H29F3O. The second-order valence-corrected chi connectivity index (χ2v) is 7.73. The molecule has 0 bridgehead atoms. The highest BCUT2D eigenvalue weighted by Gasteiger charge is 2.26. The molecule has 0 spiro atoms. The van der Waals surface area contributed by atoms with Gasteiger partial charge >= 0.3 is 0 Å². The van der Waals surface area contributed by atoms with Crippen LogP contribution < -0.4 is 0 Å². The zero-order chi connectivity index (χ0) is 20.1. The first-order chi connectivity index (χ1) is 13.5. The SMILES string of the molecule is CCCCCc1ccc(-c2ccc(C3CCC(CC)OC3)c(F)c2F)cc1F. The summed E-state index contributed by atoms with van der Waals surface area (Å²) in [6.07, 6.45) is 6.49. The predicted molar refractivity (Wildman–Crippen MR) is 107 cm³/mol. The summed E-state index contributed by atoms with van der Waals surface area (Å²) < 4.78 is 49.7. The molecule has 4 heteroatoms. The first-order valence-electron chi connectivity index (χ1n) is 10.4. The van der Waals surface area contributed by atoms with E-state index >= 15 is 0 Å². The van der Waals surface area contributed by atoms with Gasteiger partial charge in [-0.2, -0.15) is 0 Å². The zero-order valence-electron chi connectivity index (χ0n) is 16.7. The van der Waals surface area contributed by atoms with Gasteiger partial charge in [0.05, 0.1) is 12.7 Å². The maximum atomic E-state index is 14.8. The molecule has 1 aliphatic heterocycles. The summed E-state index contributed by atoms with van der Waals surface area (Å²) in [5, 5.41) is 0. The van der Waals surface area contributed by atoms with Gasteiger partial charge in [-0.25, -0.2) is 13.2 Å². The minimum absolute atomic E-state index is 0.100. The third-order valence-corrected chi connectivity index (χ3v) is 5.79. The average Bonchev–Trinajstić information content (AvgIpc) is 2.71. The molecule has 0 saturated carbocycles. The Morgan fingerprint density at radius 3 is 2.43 bits per heavy atom. The fourth-order valence-corrected chi connectivity index (χ4v) is 3.96. The van der Waals surface area contributed by atoms with Crippen molar-refractivity contribution in [2.24, 2.45) is 0 Å². The van der Waals surface area contributed by atoms with E-state index in [1.807, 2.05) is 0 Å². The van der Waals surface area contributed by atoms with Crippen LogP contribution in [0.3, 0.4) is 0 Å². The van der Waals surface area contributed by atoms with Gasteiger partial charge in [-0.1, -0.05) is 51.0 Å². The molecule has 2 aromatic rings. The maximum Gasteiger partial charge on any atom is 0.166 e. The van der Waals surface area contributed by atoms with Gasteiger partial charge in [-0.15, -0.1) is 0 Å². The lowest BCUT2D eigenvalue weighted by molar-refractivity contribution is 0.00131. The molecule has 0 amide bonds. The molecular weight excluding hydrogens is 361 g/mol. The Hall–Kier alpha value is -1.81. The van der Waals surface area contributed by atoms with E-state index in [2.05, 4.69) is 13.8 Å². The smallest absolute Gasteiger partial charge is 0.166 e. The van der Waals surface area contributed by atoms with Gasteiger partial charge < -0.3 is 4.74 Å². The number of halogens is 3. The van der Waals surface area contributed by atoms with E-state index in [9.17, 15) is 13.2 Å². The molecule has 1 heterocycles. The first-order valence-corrected chi connectivity index (χ1v) is 10.4. The van der Waals surface area contributed by atoms with Crippen LogP contribution in [0.25, 0.3) is 11.1 Å². The van der Waals surface area contributed by atoms with Crippen LogP contribution in [0.5, 0.6) is 0 Å². The Bertz CT molecular complexity index is 795. The van der Waals surface area contributed by atoms with Crippen LogP contribution in [-0.2, 0) is 11.2 Å². The summed E-state index contributed by atoms with van der Waals surface area (Å²) in [5.74, 6) is -2.24. The summed E-state index contributed by atoms with van der Waals surface area (Å²) >= 11 is 0. The number of aryl methyl sites for hydroxylation is 1. The van der Waals surface area contributed by atoms with Gasteiger partial charge in [0.25, 0.3) is 0 Å².